The standard InChI is InChI=1S/C11H13BrClFN2/c12-8-2-3-9(11(14)10(8)13)16-6-1-4-15-5-7-16/h2-3,15H,1,4-7H2. The van der Waals surface area contributed by atoms with Gasteiger partial charge in [-0.3, -0.25) is 0 Å². The minimum absolute atomic E-state index is 0.162. The summed E-state index contributed by atoms with van der Waals surface area (Å²) in [5.41, 5.74) is 0.594. The van der Waals surface area contributed by atoms with Crippen molar-refractivity contribution in [2.24, 2.45) is 0 Å². The molecule has 2 nitrogen and oxygen atoms in total. The van der Waals surface area contributed by atoms with Crippen molar-refractivity contribution >= 4 is 33.2 Å². The second kappa shape index (κ2) is 5.34. The van der Waals surface area contributed by atoms with Gasteiger partial charge < -0.3 is 10.2 Å². The van der Waals surface area contributed by atoms with Gasteiger partial charge in [0.1, 0.15) is 0 Å². The van der Waals surface area contributed by atoms with E-state index in [9.17, 15) is 4.39 Å². The number of rotatable bonds is 1. The number of nitrogens with one attached hydrogen (secondary N) is 1. The van der Waals surface area contributed by atoms with E-state index >= 15 is 0 Å². The van der Waals surface area contributed by atoms with Gasteiger partial charge in [0, 0.05) is 24.1 Å². The monoisotopic (exact) mass is 306 g/mol. The topological polar surface area (TPSA) is 15.3 Å². The molecule has 1 aromatic rings. The molecule has 0 saturated carbocycles. The minimum atomic E-state index is -0.335. The average molecular weight is 308 g/mol. The molecule has 0 unspecified atom stereocenters. The lowest BCUT2D eigenvalue weighted by molar-refractivity contribution is 0.617. The van der Waals surface area contributed by atoms with Crippen LogP contribution in [0.15, 0.2) is 16.6 Å². The van der Waals surface area contributed by atoms with Crippen molar-refractivity contribution in [1.82, 2.24) is 5.32 Å². The van der Waals surface area contributed by atoms with Crippen molar-refractivity contribution in [1.29, 1.82) is 0 Å². The first kappa shape index (κ1) is 12.1. The quantitative estimate of drug-likeness (QED) is 0.802. The first-order valence-electron chi connectivity index (χ1n) is 5.29. The molecule has 0 aromatic heterocycles. The van der Waals surface area contributed by atoms with Crippen molar-refractivity contribution < 1.29 is 4.39 Å². The largest absolute Gasteiger partial charge is 0.368 e. The summed E-state index contributed by atoms with van der Waals surface area (Å²) in [5, 5.41) is 3.45. The normalized spacial score (nSPS) is 17.3. The maximum atomic E-state index is 14.0. The molecule has 0 spiro atoms. The van der Waals surface area contributed by atoms with Crippen LogP contribution in [0.4, 0.5) is 10.1 Å². The number of nitrogens with zero attached hydrogens (tertiary/aromatic N) is 1. The highest BCUT2D eigenvalue weighted by Crippen LogP contribution is 2.32. The Balaban J connectivity index is 2.28. The van der Waals surface area contributed by atoms with Crippen molar-refractivity contribution in [2.45, 2.75) is 6.42 Å². The van der Waals surface area contributed by atoms with E-state index in [0.29, 0.717) is 10.2 Å². The predicted molar refractivity (Wildman–Crippen MR) is 68.8 cm³/mol. The van der Waals surface area contributed by atoms with Gasteiger partial charge in [-0.25, -0.2) is 4.39 Å². The molecule has 1 fully saturated rings. The predicted octanol–water partition coefficient (Wildman–Crippen LogP) is 3.04. The fourth-order valence-electron chi connectivity index (χ4n) is 1.85. The van der Waals surface area contributed by atoms with Gasteiger partial charge in [-0.1, -0.05) is 11.6 Å². The lowest BCUT2D eigenvalue weighted by Crippen LogP contribution is -2.28. The molecule has 0 bridgehead atoms. The van der Waals surface area contributed by atoms with Crippen LogP contribution in [-0.2, 0) is 0 Å². The third-order valence-electron chi connectivity index (χ3n) is 2.70. The molecule has 1 N–H and O–H groups in total. The zero-order valence-electron chi connectivity index (χ0n) is 8.77. The lowest BCUT2D eigenvalue weighted by Gasteiger charge is -2.23. The smallest absolute Gasteiger partial charge is 0.166 e. The summed E-state index contributed by atoms with van der Waals surface area (Å²) in [6.07, 6.45) is 1.02. The fourth-order valence-corrected chi connectivity index (χ4v) is 2.31. The zero-order chi connectivity index (χ0) is 11.5. The Morgan fingerprint density at radius 2 is 2.12 bits per heavy atom. The molecule has 1 aliphatic heterocycles. The van der Waals surface area contributed by atoms with E-state index in [0.717, 1.165) is 32.6 Å². The van der Waals surface area contributed by atoms with E-state index in [4.69, 9.17) is 11.6 Å². The molecule has 0 atom stereocenters. The van der Waals surface area contributed by atoms with Gasteiger partial charge in [0.25, 0.3) is 0 Å². The zero-order valence-corrected chi connectivity index (χ0v) is 11.1. The van der Waals surface area contributed by atoms with Crippen LogP contribution in [0.25, 0.3) is 0 Å². The van der Waals surface area contributed by atoms with E-state index in [-0.39, 0.29) is 10.8 Å². The molecule has 0 radical (unpaired) electrons. The van der Waals surface area contributed by atoms with E-state index in [1.165, 1.54) is 0 Å². The van der Waals surface area contributed by atoms with E-state index < -0.39 is 0 Å². The maximum Gasteiger partial charge on any atom is 0.166 e. The van der Waals surface area contributed by atoms with Crippen molar-refractivity contribution in [3.8, 4) is 0 Å². The van der Waals surface area contributed by atoms with Crippen LogP contribution in [0.3, 0.4) is 0 Å². The number of halogens is 3. The van der Waals surface area contributed by atoms with Gasteiger partial charge in [-0.05, 0) is 41.0 Å². The van der Waals surface area contributed by atoms with Crippen LogP contribution in [0.2, 0.25) is 5.02 Å². The van der Waals surface area contributed by atoms with Gasteiger partial charge in [0.2, 0.25) is 0 Å². The number of benzene rings is 1. The molecule has 1 aromatic carbocycles. The first-order valence-corrected chi connectivity index (χ1v) is 6.46. The molecule has 0 amide bonds. The van der Waals surface area contributed by atoms with Gasteiger partial charge in [0.15, 0.2) is 5.82 Å². The first-order chi connectivity index (χ1) is 7.70. The van der Waals surface area contributed by atoms with Crippen LogP contribution in [0.5, 0.6) is 0 Å². The summed E-state index contributed by atoms with van der Waals surface area (Å²) in [6.45, 7) is 3.55. The highest BCUT2D eigenvalue weighted by Gasteiger charge is 2.16. The van der Waals surface area contributed by atoms with Gasteiger partial charge in [-0.2, -0.15) is 0 Å². The molecular formula is C11H13BrClFN2. The van der Waals surface area contributed by atoms with E-state index in [1.54, 1.807) is 12.1 Å². The summed E-state index contributed by atoms with van der Waals surface area (Å²) in [5.74, 6) is -0.335. The highest BCUT2D eigenvalue weighted by atomic mass is 79.9. The van der Waals surface area contributed by atoms with Gasteiger partial charge in [-0.15, -0.1) is 0 Å². The highest BCUT2D eigenvalue weighted by molar-refractivity contribution is 9.10. The lowest BCUT2D eigenvalue weighted by atomic mass is 10.2. The number of anilines is 1. The van der Waals surface area contributed by atoms with Crippen LogP contribution in [-0.4, -0.2) is 26.2 Å². The Kier molecular flexibility index (Phi) is 4.05. The van der Waals surface area contributed by atoms with E-state index in [2.05, 4.69) is 21.2 Å². The third-order valence-corrected chi connectivity index (χ3v) is 3.95. The van der Waals surface area contributed by atoms with Gasteiger partial charge in [0.05, 0.1) is 10.7 Å². The van der Waals surface area contributed by atoms with Crippen LogP contribution in [0, 0.1) is 5.82 Å². The molecule has 1 saturated heterocycles. The summed E-state index contributed by atoms with van der Waals surface area (Å²) in [7, 11) is 0. The summed E-state index contributed by atoms with van der Waals surface area (Å²) in [6, 6.07) is 3.57. The number of hydrogen-bond acceptors (Lipinski definition) is 2. The Bertz CT molecular complexity index is 378. The number of hydrogen-bond donors (Lipinski definition) is 1. The van der Waals surface area contributed by atoms with Crippen LogP contribution in [0.1, 0.15) is 6.42 Å². The molecule has 16 heavy (non-hydrogen) atoms. The molecule has 5 heteroatoms. The average Bonchev–Trinajstić information content (AvgIpc) is 2.55. The molecule has 2 rings (SSSR count). The maximum absolute atomic E-state index is 14.0. The summed E-state index contributed by atoms with van der Waals surface area (Å²) < 4.78 is 14.6. The van der Waals surface area contributed by atoms with E-state index in [1.807, 2.05) is 4.90 Å². The Hall–Kier alpha value is -0.320. The SMILES string of the molecule is Fc1c(N2CCCNCC2)ccc(Br)c1Cl. The minimum Gasteiger partial charge on any atom is -0.368 e. The van der Waals surface area contributed by atoms with Crippen molar-refractivity contribution in [2.75, 3.05) is 31.1 Å². The van der Waals surface area contributed by atoms with Crippen molar-refractivity contribution in [3.05, 3.63) is 27.4 Å². The summed E-state index contributed by atoms with van der Waals surface area (Å²) in [4.78, 5) is 2.04. The van der Waals surface area contributed by atoms with Crippen LogP contribution >= 0.6 is 27.5 Å². The Morgan fingerprint density at radius 3 is 2.94 bits per heavy atom. The molecule has 1 aliphatic rings. The Morgan fingerprint density at radius 1 is 1.31 bits per heavy atom. The fraction of sp³-hybridized carbons (Fsp3) is 0.455. The summed E-state index contributed by atoms with van der Waals surface area (Å²) >= 11 is 9.10. The third kappa shape index (κ3) is 2.50. The molecule has 0 aliphatic carbocycles. The Labute approximate surface area is 108 Å². The van der Waals surface area contributed by atoms with Crippen LogP contribution < -0.4 is 10.2 Å². The second-order valence-corrected chi connectivity index (χ2v) is 5.02. The molecular weight excluding hydrogens is 294 g/mol. The van der Waals surface area contributed by atoms with Crippen molar-refractivity contribution in [3.63, 3.8) is 0 Å². The van der Waals surface area contributed by atoms with Gasteiger partial charge >= 0.3 is 0 Å². The molecule has 88 valence electrons. The second-order valence-electron chi connectivity index (χ2n) is 3.79. The molecule has 1 heterocycles.